The molecule has 0 bridgehead atoms. The van der Waals surface area contributed by atoms with Crippen LogP contribution in [0, 0.1) is 0 Å². The fraction of sp³-hybridized carbons (Fsp3) is 0.500. The van der Waals surface area contributed by atoms with Crippen LogP contribution in [-0.4, -0.2) is 29.4 Å². The van der Waals surface area contributed by atoms with Crippen molar-refractivity contribution in [1.29, 1.82) is 0 Å². The minimum atomic E-state index is -0.547. The average Bonchev–Trinajstić information content (AvgIpc) is 2.31. The van der Waals surface area contributed by atoms with E-state index in [9.17, 15) is 9.90 Å². The fourth-order valence-electron chi connectivity index (χ4n) is 1.66. The van der Waals surface area contributed by atoms with E-state index in [0.717, 1.165) is 5.56 Å². The Bertz CT molecular complexity index is 472. The maximum atomic E-state index is 11.7. The van der Waals surface area contributed by atoms with Crippen molar-refractivity contribution >= 4 is 22.0 Å². The van der Waals surface area contributed by atoms with Crippen LogP contribution in [0.2, 0.25) is 0 Å². The second kappa shape index (κ2) is 6.95. The molecule has 20 heavy (non-hydrogen) atoms. The molecule has 1 unspecified atom stereocenters. The molecule has 1 atom stereocenters. The summed E-state index contributed by atoms with van der Waals surface area (Å²) in [4.78, 5) is 11.7. The number of rotatable bonds is 4. The van der Waals surface area contributed by atoms with Crippen molar-refractivity contribution in [2.45, 2.75) is 38.8 Å². The molecule has 1 rings (SSSR count). The van der Waals surface area contributed by atoms with Gasteiger partial charge in [-0.1, -0.05) is 12.1 Å². The van der Waals surface area contributed by atoms with Gasteiger partial charge in [0.2, 0.25) is 0 Å². The highest BCUT2D eigenvalue weighted by Crippen LogP contribution is 2.28. The zero-order valence-corrected chi connectivity index (χ0v) is 13.5. The predicted molar refractivity (Wildman–Crippen MR) is 81.7 cm³/mol. The van der Waals surface area contributed by atoms with E-state index in [1.165, 1.54) is 0 Å². The van der Waals surface area contributed by atoms with Gasteiger partial charge in [0, 0.05) is 12.6 Å². The Morgan fingerprint density at radius 3 is 2.70 bits per heavy atom. The Morgan fingerprint density at radius 2 is 2.15 bits per heavy atom. The molecule has 0 aliphatic heterocycles. The van der Waals surface area contributed by atoms with E-state index in [1.807, 2.05) is 6.07 Å². The van der Waals surface area contributed by atoms with Gasteiger partial charge in [0.15, 0.2) is 0 Å². The summed E-state index contributed by atoms with van der Waals surface area (Å²) < 4.78 is 5.81. The molecule has 0 saturated heterocycles. The van der Waals surface area contributed by atoms with Gasteiger partial charge in [-0.2, -0.15) is 0 Å². The van der Waals surface area contributed by atoms with Gasteiger partial charge in [-0.05, 0) is 54.8 Å². The molecule has 0 spiro atoms. The van der Waals surface area contributed by atoms with Crippen molar-refractivity contribution in [2.75, 3.05) is 6.54 Å². The van der Waals surface area contributed by atoms with E-state index in [0.29, 0.717) is 10.9 Å². The van der Waals surface area contributed by atoms with Crippen LogP contribution in [0.4, 0.5) is 4.79 Å². The normalized spacial score (nSPS) is 12.8. The Morgan fingerprint density at radius 1 is 1.50 bits per heavy atom. The number of hydrogen-bond donors (Lipinski definition) is 3. The molecule has 112 valence electrons. The van der Waals surface area contributed by atoms with Crippen molar-refractivity contribution in [3.8, 4) is 5.75 Å². The Hall–Kier alpha value is -1.27. The van der Waals surface area contributed by atoms with Crippen LogP contribution in [0.1, 0.15) is 26.3 Å². The van der Waals surface area contributed by atoms with Crippen LogP contribution in [0.3, 0.4) is 0 Å². The van der Waals surface area contributed by atoms with Crippen LogP contribution in [-0.2, 0) is 11.2 Å². The standard InChI is InChI=1S/C14H21BrN2O3/c1-14(2,3)20-13(19)17-10(8-16)7-9-5-4-6-11(18)12(9)15/h4-6,10,18H,7-8,16H2,1-3H3,(H,17,19). The molecule has 0 aromatic heterocycles. The van der Waals surface area contributed by atoms with E-state index in [2.05, 4.69) is 21.2 Å². The third-order valence-corrected chi connectivity index (χ3v) is 3.45. The molecule has 0 heterocycles. The summed E-state index contributed by atoms with van der Waals surface area (Å²) >= 11 is 3.32. The van der Waals surface area contributed by atoms with E-state index in [4.69, 9.17) is 10.5 Å². The summed E-state index contributed by atoms with van der Waals surface area (Å²) in [5.41, 5.74) is 6.00. The van der Waals surface area contributed by atoms with Gasteiger partial charge in [0.1, 0.15) is 11.4 Å². The van der Waals surface area contributed by atoms with E-state index in [-0.39, 0.29) is 18.3 Å². The first-order valence-corrected chi connectivity index (χ1v) is 7.18. The number of halogens is 1. The number of alkyl carbamates (subject to hydrolysis) is 1. The molecule has 0 aliphatic rings. The third-order valence-electron chi connectivity index (χ3n) is 2.53. The molecule has 4 N–H and O–H groups in total. The summed E-state index contributed by atoms with van der Waals surface area (Å²) in [7, 11) is 0. The first kappa shape index (κ1) is 16.8. The molecule has 0 fully saturated rings. The smallest absolute Gasteiger partial charge is 0.407 e. The molecule has 6 heteroatoms. The van der Waals surface area contributed by atoms with Gasteiger partial charge in [-0.25, -0.2) is 4.79 Å². The number of benzene rings is 1. The highest BCUT2D eigenvalue weighted by Gasteiger charge is 2.19. The number of nitrogens with one attached hydrogen (secondary N) is 1. The van der Waals surface area contributed by atoms with E-state index in [1.54, 1.807) is 32.9 Å². The number of carbonyl (C=O) groups is 1. The lowest BCUT2D eigenvalue weighted by molar-refractivity contribution is 0.0506. The zero-order valence-electron chi connectivity index (χ0n) is 11.9. The number of nitrogens with two attached hydrogens (primary N) is 1. The van der Waals surface area contributed by atoms with Gasteiger partial charge in [-0.3, -0.25) is 0 Å². The maximum absolute atomic E-state index is 11.7. The summed E-state index contributed by atoms with van der Waals surface area (Å²) in [6, 6.07) is 4.94. The Kier molecular flexibility index (Phi) is 5.83. The van der Waals surface area contributed by atoms with E-state index < -0.39 is 11.7 Å². The summed E-state index contributed by atoms with van der Waals surface area (Å²) in [5.74, 6) is 0.163. The van der Waals surface area contributed by atoms with Crippen molar-refractivity contribution in [3.63, 3.8) is 0 Å². The molecule has 0 aliphatic carbocycles. The minimum Gasteiger partial charge on any atom is -0.507 e. The zero-order chi connectivity index (χ0) is 15.3. The first-order valence-electron chi connectivity index (χ1n) is 6.39. The lowest BCUT2D eigenvalue weighted by Crippen LogP contribution is -2.44. The average molecular weight is 345 g/mol. The lowest BCUT2D eigenvalue weighted by Gasteiger charge is -2.23. The number of phenols is 1. The van der Waals surface area contributed by atoms with Crippen LogP contribution in [0.5, 0.6) is 5.75 Å². The third kappa shape index (κ3) is 5.38. The lowest BCUT2D eigenvalue weighted by atomic mass is 10.1. The van der Waals surface area contributed by atoms with Crippen molar-refractivity contribution in [3.05, 3.63) is 28.2 Å². The summed E-state index contributed by atoms with van der Waals surface area (Å²) in [6.45, 7) is 5.68. The molecular formula is C14H21BrN2O3. The van der Waals surface area contributed by atoms with Crippen LogP contribution in [0.25, 0.3) is 0 Å². The van der Waals surface area contributed by atoms with Gasteiger partial charge >= 0.3 is 6.09 Å². The monoisotopic (exact) mass is 344 g/mol. The first-order chi connectivity index (χ1) is 9.23. The maximum Gasteiger partial charge on any atom is 0.407 e. The van der Waals surface area contributed by atoms with Crippen LogP contribution < -0.4 is 11.1 Å². The highest BCUT2D eigenvalue weighted by atomic mass is 79.9. The van der Waals surface area contributed by atoms with Gasteiger partial charge in [0.25, 0.3) is 0 Å². The number of carbonyl (C=O) groups excluding carboxylic acids is 1. The van der Waals surface area contributed by atoms with Crippen molar-refractivity contribution in [1.82, 2.24) is 5.32 Å². The number of phenolic OH excluding ortho intramolecular Hbond substituents is 1. The quantitative estimate of drug-likeness (QED) is 0.783. The minimum absolute atomic E-state index is 0.163. The Balaban J connectivity index is 2.68. The fourth-order valence-corrected chi connectivity index (χ4v) is 2.08. The molecular weight excluding hydrogens is 324 g/mol. The predicted octanol–water partition coefficient (Wildman–Crippen LogP) is 2.55. The SMILES string of the molecule is CC(C)(C)OC(=O)NC(CN)Cc1cccc(O)c1Br. The topological polar surface area (TPSA) is 84.6 Å². The second-order valence-electron chi connectivity index (χ2n) is 5.53. The number of amides is 1. The molecule has 1 aromatic carbocycles. The van der Waals surface area contributed by atoms with Gasteiger partial charge in [0.05, 0.1) is 4.47 Å². The number of hydrogen-bond acceptors (Lipinski definition) is 4. The number of ether oxygens (including phenoxy) is 1. The molecule has 1 aromatic rings. The van der Waals surface area contributed by atoms with Crippen LogP contribution in [0.15, 0.2) is 22.7 Å². The molecule has 0 radical (unpaired) electrons. The second-order valence-corrected chi connectivity index (χ2v) is 6.33. The van der Waals surface area contributed by atoms with Crippen molar-refractivity contribution < 1.29 is 14.6 Å². The number of aromatic hydroxyl groups is 1. The van der Waals surface area contributed by atoms with Gasteiger partial charge < -0.3 is 20.9 Å². The summed E-state index contributed by atoms with van der Waals surface area (Å²) in [5, 5.41) is 12.4. The molecule has 0 saturated carbocycles. The highest BCUT2D eigenvalue weighted by molar-refractivity contribution is 9.10. The largest absolute Gasteiger partial charge is 0.507 e. The van der Waals surface area contributed by atoms with E-state index >= 15 is 0 Å². The Labute approximate surface area is 127 Å². The van der Waals surface area contributed by atoms with Crippen molar-refractivity contribution in [2.24, 2.45) is 5.73 Å². The molecule has 5 nitrogen and oxygen atoms in total. The summed E-state index contributed by atoms with van der Waals surface area (Å²) in [6.07, 6.45) is 0.00860. The molecule has 1 amide bonds. The van der Waals surface area contributed by atoms with Gasteiger partial charge in [-0.15, -0.1) is 0 Å². The van der Waals surface area contributed by atoms with Crippen LogP contribution >= 0.6 is 15.9 Å².